The van der Waals surface area contributed by atoms with Crippen LogP contribution in [0.5, 0.6) is 0 Å². The maximum Gasteiger partial charge on any atom is 0.243 e. The minimum absolute atomic E-state index is 0.108. The number of para-hydroxylation sites is 1. The van der Waals surface area contributed by atoms with Crippen molar-refractivity contribution in [2.75, 3.05) is 11.9 Å². The Hall–Kier alpha value is -1.55. The minimum atomic E-state index is -0.122. The number of ether oxygens (including phenoxy) is 1. The van der Waals surface area contributed by atoms with Crippen molar-refractivity contribution >= 4 is 11.6 Å². The lowest BCUT2D eigenvalue weighted by Crippen LogP contribution is -2.51. The number of rotatable bonds is 4. The summed E-state index contributed by atoms with van der Waals surface area (Å²) >= 11 is 0. The van der Waals surface area contributed by atoms with Crippen LogP contribution in [0.25, 0.3) is 0 Å². The third-order valence-electron chi connectivity index (χ3n) is 3.93. The molecule has 0 spiro atoms. The molecule has 0 aromatic heterocycles. The van der Waals surface area contributed by atoms with Crippen LogP contribution in [-0.4, -0.2) is 30.7 Å². The van der Waals surface area contributed by atoms with Gasteiger partial charge in [-0.15, -0.1) is 0 Å². The molecule has 1 saturated carbocycles. The third-order valence-corrected chi connectivity index (χ3v) is 3.93. The average molecular weight is 260 g/mol. The van der Waals surface area contributed by atoms with Gasteiger partial charge in [-0.05, 0) is 31.4 Å². The second kappa shape index (κ2) is 5.21. The topological polar surface area (TPSA) is 50.4 Å². The Labute approximate surface area is 113 Å². The van der Waals surface area contributed by atoms with Crippen molar-refractivity contribution in [2.24, 2.45) is 0 Å². The Morgan fingerprint density at radius 2 is 2.21 bits per heavy atom. The summed E-state index contributed by atoms with van der Waals surface area (Å²) in [6.07, 6.45) is 3.01. The summed E-state index contributed by atoms with van der Waals surface area (Å²) < 4.78 is 5.50. The monoisotopic (exact) mass is 260 g/mol. The van der Waals surface area contributed by atoms with Crippen LogP contribution >= 0.6 is 0 Å². The molecule has 2 aliphatic rings. The molecule has 1 aliphatic carbocycles. The summed E-state index contributed by atoms with van der Waals surface area (Å²) in [4.78, 5) is 12.2. The van der Waals surface area contributed by atoms with Gasteiger partial charge in [0.15, 0.2) is 0 Å². The number of fused-ring (bicyclic) bond motifs is 1. The largest absolute Gasteiger partial charge is 0.378 e. The molecule has 102 valence electrons. The lowest BCUT2D eigenvalue weighted by molar-refractivity contribution is -0.124. The molecule has 0 unspecified atom stereocenters. The maximum atomic E-state index is 12.2. The van der Waals surface area contributed by atoms with Crippen LogP contribution in [0.1, 0.15) is 25.3 Å². The van der Waals surface area contributed by atoms with Crippen LogP contribution in [0.4, 0.5) is 5.69 Å². The van der Waals surface area contributed by atoms with E-state index < -0.39 is 0 Å². The highest BCUT2D eigenvalue weighted by molar-refractivity contribution is 5.87. The molecule has 0 saturated heterocycles. The number of carbonyl (C=O) groups is 1. The van der Waals surface area contributed by atoms with Gasteiger partial charge in [0.2, 0.25) is 5.91 Å². The van der Waals surface area contributed by atoms with E-state index in [0.29, 0.717) is 6.10 Å². The first-order valence-corrected chi connectivity index (χ1v) is 7.02. The van der Waals surface area contributed by atoms with Crippen LogP contribution in [0.3, 0.4) is 0 Å². The molecular weight excluding hydrogens is 240 g/mol. The number of hydrogen-bond donors (Lipinski definition) is 2. The normalized spacial score (nSPS) is 28.2. The average Bonchev–Trinajstić information content (AvgIpc) is 2.80. The van der Waals surface area contributed by atoms with Crippen molar-refractivity contribution in [3.63, 3.8) is 0 Å². The molecule has 3 rings (SSSR count). The minimum Gasteiger partial charge on any atom is -0.378 e. The van der Waals surface area contributed by atoms with Crippen molar-refractivity contribution in [3.8, 4) is 0 Å². The molecule has 4 nitrogen and oxygen atoms in total. The first-order valence-electron chi connectivity index (χ1n) is 7.02. The summed E-state index contributed by atoms with van der Waals surface area (Å²) in [5.41, 5.74) is 2.31. The Morgan fingerprint density at radius 3 is 2.95 bits per heavy atom. The molecule has 1 heterocycles. The van der Waals surface area contributed by atoms with Crippen LogP contribution in [-0.2, 0) is 16.0 Å². The highest BCUT2D eigenvalue weighted by atomic mass is 16.5. The number of benzene rings is 1. The highest BCUT2D eigenvalue weighted by Crippen LogP contribution is 2.27. The fraction of sp³-hybridized carbons (Fsp3) is 0.533. The van der Waals surface area contributed by atoms with Gasteiger partial charge in [0, 0.05) is 24.8 Å². The van der Waals surface area contributed by atoms with Gasteiger partial charge < -0.3 is 15.4 Å². The van der Waals surface area contributed by atoms with Gasteiger partial charge in [0.25, 0.3) is 0 Å². The summed E-state index contributed by atoms with van der Waals surface area (Å²) in [6, 6.07) is 8.27. The molecular formula is C15H20N2O2. The van der Waals surface area contributed by atoms with Crippen molar-refractivity contribution < 1.29 is 9.53 Å². The predicted molar refractivity (Wildman–Crippen MR) is 74.1 cm³/mol. The third kappa shape index (κ3) is 2.59. The van der Waals surface area contributed by atoms with Crippen LogP contribution in [0.2, 0.25) is 0 Å². The summed E-state index contributed by atoms with van der Waals surface area (Å²) in [5.74, 6) is 0.108. The van der Waals surface area contributed by atoms with Crippen molar-refractivity contribution in [1.82, 2.24) is 5.32 Å². The van der Waals surface area contributed by atoms with Gasteiger partial charge >= 0.3 is 0 Å². The first kappa shape index (κ1) is 12.5. The van der Waals surface area contributed by atoms with Crippen LogP contribution in [0, 0.1) is 0 Å². The molecule has 0 radical (unpaired) electrons. The zero-order valence-electron chi connectivity index (χ0n) is 11.2. The van der Waals surface area contributed by atoms with E-state index in [-0.39, 0.29) is 18.0 Å². The molecule has 1 amide bonds. The van der Waals surface area contributed by atoms with E-state index in [1.54, 1.807) is 0 Å². The van der Waals surface area contributed by atoms with E-state index in [0.717, 1.165) is 31.6 Å². The van der Waals surface area contributed by atoms with Gasteiger partial charge in [-0.2, -0.15) is 0 Å². The van der Waals surface area contributed by atoms with Crippen molar-refractivity contribution in [2.45, 2.75) is 44.4 Å². The Morgan fingerprint density at radius 1 is 1.42 bits per heavy atom. The molecule has 1 aromatic carbocycles. The second-order valence-electron chi connectivity index (χ2n) is 5.31. The molecule has 1 atom stereocenters. The van der Waals surface area contributed by atoms with Gasteiger partial charge in [-0.3, -0.25) is 4.79 Å². The Bertz CT molecular complexity index is 444. The quantitative estimate of drug-likeness (QED) is 0.866. The van der Waals surface area contributed by atoms with Crippen LogP contribution < -0.4 is 10.6 Å². The maximum absolute atomic E-state index is 12.2. The van der Waals surface area contributed by atoms with E-state index in [9.17, 15) is 4.79 Å². The zero-order valence-corrected chi connectivity index (χ0v) is 11.2. The highest BCUT2D eigenvalue weighted by Gasteiger charge is 2.33. The summed E-state index contributed by atoms with van der Waals surface area (Å²) in [6.45, 7) is 2.76. The van der Waals surface area contributed by atoms with E-state index in [4.69, 9.17) is 4.74 Å². The molecule has 4 heteroatoms. The number of nitrogens with one attached hydrogen (secondary N) is 2. The standard InChI is InChI=1S/C15H20N2O2/c1-2-19-12-8-11(9-12)16-15(18)14-7-10-5-3-4-6-13(10)17-14/h3-6,11-12,14,17H,2,7-9H2,1H3,(H,16,18)/t11?,12?,14-/m0/s1. The molecule has 2 N–H and O–H groups in total. The van der Waals surface area contributed by atoms with Crippen LogP contribution in [0.15, 0.2) is 24.3 Å². The van der Waals surface area contributed by atoms with Gasteiger partial charge in [-0.1, -0.05) is 18.2 Å². The Kier molecular flexibility index (Phi) is 3.42. The fourth-order valence-corrected chi connectivity index (χ4v) is 2.81. The second-order valence-corrected chi connectivity index (χ2v) is 5.31. The predicted octanol–water partition coefficient (Wildman–Crippen LogP) is 1.71. The summed E-state index contributed by atoms with van der Waals surface area (Å²) in [7, 11) is 0. The smallest absolute Gasteiger partial charge is 0.243 e. The fourth-order valence-electron chi connectivity index (χ4n) is 2.81. The number of amides is 1. The molecule has 19 heavy (non-hydrogen) atoms. The lowest BCUT2D eigenvalue weighted by Gasteiger charge is -2.35. The Balaban J connectivity index is 1.48. The first-order chi connectivity index (χ1) is 9.26. The molecule has 1 aliphatic heterocycles. The van der Waals surface area contributed by atoms with Gasteiger partial charge in [0.05, 0.1) is 6.10 Å². The van der Waals surface area contributed by atoms with Gasteiger partial charge in [0.1, 0.15) is 6.04 Å². The van der Waals surface area contributed by atoms with Gasteiger partial charge in [-0.25, -0.2) is 0 Å². The summed E-state index contributed by atoms with van der Waals surface area (Å²) in [5, 5.41) is 6.38. The molecule has 1 fully saturated rings. The van der Waals surface area contributed by atoms with E-state index in [2.05, 4.69) is 16.7 Å². The number of hydrogen-bond acceptors (Lipinski definition) is 3. The van der Waals surface area contributed by atoms with Crippen molar-refractivity contribution in [1.29, 1.82) is 0 Å². The van der Waals surface area contributed by atoms with E-state index in [1.165, 1.54) is 5.56 Å². The SMILES string of the molecule is CCOC1CC(NC(=O)[C@@H]2Cc3ccccc3N2)C1. The molecule has 0 bridgehead atoms. The lowest BCUT2D eigenvalue weighted by atomic mass is 9.89. The van der Waals surface area contributed by atoms with E-state index >= 15 is 0 Å². The zero-order chi connectivity index (χ0) is 13.2. The number of anilines is 1. The van der Waals surface area contributed by atoms with Crippen molar-refractivity contribution in [3.05, 3.63) is 29.8 Å². The molecule has 1 aromatic rings. The number of carbonyl (C=O) groups excluding carboxylic acids is 1. The van der Waals surface area contributed by atoms with E-state index in [1.807, 2.05) is 25.1 Å².